The quantitative estimate of drug-likeness (QED) is 0.491. The minimum Gasteiger partial charge on any atom is -0.283 e. The van der Waals surface area contributed by atoms with Crippen molar-refractivity contribution in [2.24, 2.45) is 0 Å². The minimum absolute atomic E-state index is 0.834. The van der Waals surface area contributed by atoms with Crippen LogP contribution in [-0.4, -0.2) is 22.4 Å². The molecule has 0 aromatic carbocycles. The van der Waals surface area contributed by atoms with E-state index >= 15 is 0 Å². The van der Waals surface area contributed by atoms with Gasteiger partial charge in [0.2, 0.25) is 0 Å². The lowest BCUT2D eigenvalue weighted by molar-refractivity contribution is 0.445. The van der Waals surface area contributed by atoms with Gasteiger partial charge in [-0.1, -0.05) is 0 Å². The minimum atomic E-state index is -4.00. The van der Waals surface area contributed by atoms with E-state index in [1.54, 1.807) is 0 Å². The summed E-state index contributed by atoms with van der Waals surface area (Å²) in [5.74, 6) is 0. The van der Waals surface area contributed by atoms with Gasteiger partial charge in [0.15, 0.2) is 5.21 Å². The Labute approximate surface area is 59.6 Å². The van der Waals surface area contributed by atoms with Crippen molar-refractivity contribution >= 4 is 33.1 Å². The molecule has 0 aromatic rings. The maximum atomic E-state index is 10.1. The smallest absolute Gasteiger partial charge is 0.283 e. The van der Waals surface area contributed by atoms with Gasteiger partial charge in [0.1, 0.15) is 0 Å². The predicted octanol–water partition coefficient (Wildman–Crippen LogP) is -0.334. The Morgan fingerprint density at radius 2 is 2.11 bits per heavy atom. The highest BCUT2D eigenvalue weighted by Gasteiger charge is 2.11. The molecule has 0 aliphatic heterocycles. The van der Waals surface area contributed by atoms with Crippen LogP contribution in [0.2, 0.25) is 0 Å². The summed E-state index contributed by atoms with van der Waals surface area (Å²) in [6.45, 7) is 0. The SMILES string of the molecule is O=S(O)OS(=O)(=O)CCl. The van der Waals surface area contributed by atoms with E-state index in [4.69, 9.17) is 16.2 Å². The summed E-state index contributed by atoms with van der Waals surface area (Å²) in [7, 11) is -4.00. The molecule has 1 atom stereocenters. The summed E-state index contributed by atoms with van der Waals surface area (Å²) in [4.78, 5) is 0. The Balaban J connectivity index is 4.06. The molecule has 5 nitrogen and oxygen atoms in total. The first kappa shape index (κ1) is 9.31. The van der Waals surface area contributed by atoms with Gasteiger partial charge in [-0.3, -0.25) is 4.55 Å². The maximum Gasteiger partial charge on any atom is 0.317 e. The van der Waals surface area contributed by atoms with Crippen molar-refractivity contribution in [3.63, 3.8) is 0 Å². The van der Waals surface area contributed by atoms with Crippen molar-refractivity contribution in [3.05, 3.63) is 0 Å². The molecular formula is CH3ClO5S2. The van der Waals surface area contributed by atoms with E-state index in [0.717, 1.165) is 0 Å². The third-order valence-corrected chi connectivity index (χ3v) is 2.66. The largest absolute Gasteiger partial charge is 0.317 e. The molecule has 0 bridgehead atoms. The maximum absolute atomic E-state index is 10.1. The molecule has 0 fully saturated rings. The third-order valence-electron chi connectivity index (χ3n) is 0.296. The molecule has 1 unspecified atom stereocenters. The van der Waals surface area contributed by atoms with Crippen LogP contribution >= 0.6 is 11.6 Å². The molecule has 0 amide bonds. The van der Waals surface area contributed by atoms with E-state index in [0.29, 0.717) is 0 Å². The zero-order valence-electron chi connectivity index (χ0n) is 3.98. The molecule has 0 saturated heterocycles. The number of rotatable bonds is 3. The molecule has 0 aliphatic rings. The van der Waals surface area contributed by atoms with E-state index in [1.807, 2.05) is 0 Å². The Morgan fingerprint density at radius 3 is 2.22 bits per heavy atom. The second-order valence-electron chi connectivity index (χ2n) is 0.952. The van der Waals surface area contributed by atoms with Gasteiger partial charge in [-0.25, -0.2) is 0 Å². The highest BCUT2D eigenvalue weighted by Crippen LogP contribution is 1.96. The molecule has 1 N–H and O–H groups in total. The fourth-order valence-electron chi connectivity index (χ4n) is 0.107. The Kier molecular flexibility index (Phi) is 3.59. The fraction of sp³-hybridized carbons (Fsp3) is 1.00. The summed E-state index contributed by atoms with van der Waals surface area (Å²) in [5, 5.41) is -0.834. The molecule has 0 heterocycles. The van der Waals surface area contributed by atoms with E-state index in [2.05, 4.69) is 3.63 Å². The second kappa shape index (κ2) is 3.47. The van der Waals surface area contributed by atoms with Gasteiger partial charge in [-0.2, -0.15) is 12.6 Å². The number of hydrogen-bond donors (Lipinski definition) is 1. The van der Waals surface area contributed by atoms with Crippen LogP contribution in [0, 0.1) is 0 Å². The van der Waals surface area contributed by atoms with Crippen molar-refractivity contribution in [3.8, 4) is 0 Å². The molecular weight excluding hydrogens is 192 g/mol. The van der Waals surface area contributed by atoms with Crippen LogP contribution in [0.3, 0.4) is 0 Å². The third kappa shape index (κ3) is 4.79. The fourth-order valence-corrected chi connectivity index (χ4v) is 1.29. The van der Waals surface area contributed by atoms with E-state index in [9.17, 15) is 12.6 Å². The molecule has 0 aliphatic carbocycles. The molecule has 0 rings (SSSR count). The first-order chi connectivity index (χ1) is 3.98. The lowest BCUT2D eigenvalue weighted by Crippen LogP contribution is -2.07. The summed E-state index contributed by atoms with van der Waals surface area (Å²) in [6, 6.07) is 0. The molecule has 0 aromatic heterocycles. The van der Waals surface area contributed by atoms with Crippen LogP contribution in [0.15, 0.2) is 0 Å². The molecule has 8 heteroatoms. The summed E-state index contributed by atoms with van der Waals surface area (Å²) < 4.78 is 41.1. The van der Waals surface area contributed by atoms with E-state index in [1.165, 1.54) is 0 Å². The van der Waals surface area contributed by atoms with Crippen LogP contribution < -0.4 is 0 Å². The lowest BCUT2D eigenvalue weighted by atomic mass is 11.9. The number of alkyl halides is 1. The Bertz CT molecular complexity index is 193. The highest BCUT2D eigenvalue weighted by atomic mass is 35.5. The number of halogens is 1. The second-order valence-corrected chi connectivity index (χ2v) is 3.92. The van der Waals surface area contributed by atoms with Gasteiger partial charge in [-0.05, 0) is 0 Å². The standard InChI is InChI=1S/CH3ClO5S2/c2-1-9(5,6)7-8(3)4/h1H2,(H,3,4). The number of hydrogen-bond acceptors (Lipinski definition) is 4. The van der Waals surface area contributed by atoms with Crippen LogP contribution in [-0.2, 0) is 25.1 Å². The predicted molar refractivity (Wildman–Crippen MR) is 31.5 cm³/mol. The van der Waals surface area contributed by atoms with Gasteiger partial charge in [0, 0.05) is 0 Å². The van der Waals surface area contributed by atoms with Gasteiger partial charge >= 0.3 is 11.4 Å². The van der Waals surface area contributed by atoms with Gasteiger partial charge < -0.3 is 0 Å². The summed E-state index contributed by atoms with van der Waals surface area (Å²) in [5.41, 5.74) is 0. The zero-order chi connectivity index (χ0) is 7.49. The molecule has 9 heavy (non-hydrogen) atoms. The van der Waals surface area contributed by atoms with Gasteiger partial charge in [-0.15, -0.1) is 15.2 Å². The van der Waals surface area contributed by atoms with Crippen LogP contribution in [0.1, 0.15) is 0 Å². The zero-order valence-corrected chi connectivity index (χ0v) is 6.37. The van der Waals surface area contributed by atoms with Crippen molar-refractivity contribution in [1.29, 1.82) is 0 Å². The van der Waals surface area contributed by atoms with Crippen LogP contribution in [0.25, 0.3) is 0 Å². The first-order valence-corrected chi connectivity index (χ1v) is 4.72. The Hall–Kier alpha value is 0.310. The Morgan fingerprint density at radius 1 is 1.67 bits per heavy atom. The van der Waals surface area contributed by atoms with Crippen molar-refractivity contribution < 1.29 is 20.8 Å². The van der Waals surface area contributed by atoms with E-state index < -0.39 is 26.7 Å². The monoisotopic (exact) mass is 194 g/mol. The van der Waals surface area contributed by atoms with E-state index in [-0.39, 0.29) is 0 Å². The summed E-state index contributed by atoms with van der Waals surface area (Å²) >= 11 is 1.97. The summed E-state index contributed by atoms with van der Waals surface area (Å²) in [6.07, 6.45) is 0. The molecule has 56 valence electrons. The van der Waals surface area contributed by atoms with Crippen LogP contribution in [0.4, 0.5) is 0 Å². The van der Waals surface area contributed by atoms with Crippen molar-refractivity contribution in [2.45, 2.75) is 0 Å². The van der Waals surface area contributed by atoms with Crippen LogP contribution in [0.5, 0.6) is 0 Å². The average molecular weight is 195 g/mol. The normalized spacial score (nSPS) is 15.3. The first-order valence-electron chi connectivity index (χ1n) is 1.57. The van der Waals surface area contributed by atoms with Crippen molar-refractivity contribution in [1.82, 2.24) is 0 Å². The molecule has 0 radical (unpaired) electrons. The molecule has 0 spiro atoms. The van der Waals surface area contributed by atoms with Gasteiger partial charge in [0.25, 0.3) is 10.1 Å². The molecule has 0 saturated carbocycles. The van der Waals surface area contributed by atoms with Crippen molar-refractivity contribution in [2.75, 3.05) is 5.21 Å². The highest BCUT2D eigenvalue weighted by molar-refractivity contribution is 7.95. The lowest BCUT2D eigenvalue weighted by Gasteiger charge is -1.92. The average Bonchev–Trinajstić information content (AvgIpc) is 1.63. The topological polar surface area (TPSA) is 80.7 Å². The van der Waals surface area contributed by atoms with Gasteiger partial charge in [0.05, 0.1) is 0 Å².